The Balaban J connectivity index is 1.17. The van der Waals surface area contributed by atoms with Crippen LogP contribution < -0.4 is 0 Å². The highest BCUT2D eigenvalue weighted by Gasteiger charge is 2.19. The minimum atomic E-state index is -0.482. The van der Waals surface area contributed by atoms with Gasteiger partial charge in [-0.05, 0) is 66.7 Å². The van der Waals surface area contributed by atoms with Crippen LogP contribution in [0.4, 0.5) is 0 Å². The molecule has 0 spiro atoms. The van der Waals surface area contributed by atoms with Gasteiger partial charge in [-0.1, -0.05) is 90.9 Å². The van der Waals surface area contributed by atoms with E-state index in [1.165, 1.54) is 0 Å². The van der Waals surface area contributed by atoms with Crippen LogP contribution in [0.2, 0.25) is 0 Å². The Hall–Kier alpha value is -6.63. The highest BCUT2D eigenvalue weighted by atomic mass is 32.1. The van der Waals surface area contributed by atoms with Crippen LogP contribution in [0.5, 0.6) is 0 Å². The summed E-state index contributed by atoms with van der Waals surface area (Å²) in [6.45, 7) is 0. The molecule has 0 aliphatic heterocycles. The number of hydrogen-bond acceptors (Lipinski definition) is 5. The second-order valence-electron chi connectivity index (χ2n) is 12.4. The lowest BCUT2D eigenvalue weighted by atomic mass is 10.1. The lowest BCUT2D eigenvalue weighted by Gasteiger charge is -2.10. The fourth-order valence-electron chi connectivity index (χ4n) is 7.29. The summed E-state index contributed by atoms with van der Waals surface area (Å²) in [5, 5.41) is 6.25. The predicted molar refractivity (Wildman–Crippen MR) is 211 cm³/mol. The first kappa shape index (κ1) is 23.7. The summed E-state index contributed by atoms with van der Waals surface area (Å²) < 4.78 is 53.6. The van der Waals surface area contributed by atoms with Crippen molar-refractivity contribution in [3.8, 4) is 39.9 Å². The van der Waals surface area contributed by atoms with Crippen LogP contribution in [0.3, 0.4) is 0 Å². The van der Waals surface area contributed by atoms with Gasteiger partial charge in [0.15, 0.2) is 17.5 Å². The van der Waals surface area contributed by atoms with Crippen molar-refractivity contribution in [2.24, 2.45) is 0 Å². The van der Waals surface area contributed by atoms with E-state index in [9.17, 15) is 0 Å². The quantitative estimate of drug-likeness (QED) is 0.186. The second-order valence-corrected chi connectivity index (χ2v) is 13.5. The number of benzene rings is 7. The molecule has 0 bridgehead atoms. The smallest absolute Gasteiger partial charge is 0.164 e. The van der Waals surface area contributed by atoms with Crippen LogP contribution in [0.15, 0.2) is 162 Å². The van der Waals surface area contributed by atoms with Crippen LogP contribution in [-0.4, -0.2) is 19.5 Å². The molecule has 7 aromatic carbocycles. The van der Waals surface area contributed by atoms with E-state index in [0.29, 0.717) is 22.5 Å². The van der Waals surface area contributed by atoms with E-state index < -0.39 is 18.1 Å². The average molecular weight is 676 g/mol. The van der Waals surface area contributed by atoms with Gasteiger partial charge in [-0.15, -0.1) is 11.3 Å². The van der Waals surface area contributed by atoms with Gasteiger partial charge in [0.05, 0.1) is 29.0 Å². The molecule has 11 aromatic rings. The molecule has 6 heteroatoms. The van der Waals surface area contributed by atoms with Crippen molar-refractivity contribution in [1.29, 1.82) is 0 Å². The summed E-state index contributed by atoms with van der Waals surface area (Å²) in [5.74, 6) is 0.593. The molecule has 4 heterocycles. The normalized spacial score (nSPS) is 13.3. The zero-order chi connectivity index (χ0) is 37.8. The van der Waals surface area contributed by atoms with Gasteiger partial charge in [0, 0.05) is 53.0 Å². The maximum atomic E-state index is 8.80. The molecule has 0 aliphatic carbocycles. The summed E-state index contributed by atoms with van der Waals surface area (Å²) in [6, 6.07) is 40.7. The minimum absolute atomic E-state index is 0.0135. The largest absolute Gasteiger partial charge is 0.456 e. The second kappa shape index (κ2) is 10.9. The van der Waals surface area contributed by atoms with Crippen LogP contribution in [0.25, 0.3) is 104 Å². The Kier molecular flexibility index (Phi) is 5.08. The first-order chi connectivity index (χ1) is 27.3. The van der Waals surface area contributed by atoms with E-state index in [0.717, 1.165) is 64.0 Å². The molecule has 0 fully saturated rings. The summed E-state index contributed by atoms with van der Waals surface area (Å²) in [4.78, 5) is 14.7. The molecule has 0 unspecified atom stereocenters. The fraction of sp³-hybridized carbons (Fsp3) is 0. The summed E-state index contributed by atoms with van der Waals surface area (Å²) in [7, 11) is 0. The van der Waals surface area contributed by atoms with Crippen molar-refractivity contribution in [3.05, 3.63) is 158 Å². The molecule has 5 nitrogen and oxygen atoms in total. The highest BCUT2D eigenvalue weighted by molar-refractivity contribution is 7.25. The van der Waals surface area contributed by atoms with E-state index in [4.69, 9.17) is 26.2 Å². The Bertz CT molecular complexity index is 3380. The zero-order valence-electron chi connectivity index (χ0n) is 31.7. The Morgan fingerprint density at radius 1 is 0.490 bits per heavy atom. The van der Waals surface area contributed by atoms with Crippen molar-refractivity contribution >= 4 is 75.3 Å². The van der Waals surface area contributed by atoms with Gasteiger partial charge >= 0.3 is 0 Å². The van der Waals surface area contributed by atoms with Crippen LogP contribution >= 0.6 is 11.3 Å². The fourth-order valence-corrected chi connectivity index (χ4v) is 8.37. The molecule has 0 N–H and O–H groups in total. The zero-order valence-corrected chi connectivity index (χ0v) is 27.5. The van der Waals surface area contributed by atoms with Gasteiger partial charge in [0.2, 0.25) is 0 Å². The molecular weight excluding hydrogens is 645 g/mol. The predicted octanol–water partition coefficient (Wildman–Crippen LogP) is 12.2. The van der Waals surface area contributed by atoms with E-state index in [2.05, 4.69) is 59.2 Å². The summed E-state index contributed by atoms with van der Waals surface area (Å²) in [5.41, 5.74) is 5.80. The first-order valence-electron chi connectivity index (χ1n) is 19.0. The van der Waals surface area contributed by atoms with Crippen molar-refractivity contribution in [2.45, 2.75) is 0 Å². The van der Waals surface area contributed by atoms with Gasteiger partial charge < -0.3 is 8.98 Å². The number of fused-ring (bicyclic) bond motifs is 9. The van der Waals surface area contributed by atoms with Crippen molar-refractivity contribution in [3.63, 3.8) is 0 Å². The Morgan fingerprint density at radius 2 is 1.10 bits per heavy atom. The molecular formula is C45H26N4OS. The molecule has 0 atom stereocenters. The number of para-hydroxylation sites is 2. The van der Waals surface area contributed by atoms with E-state index >= 15 is 0 Å². The van der Waals surface area contributed by atoms with E-state index in [1.807, 2.05) is 72.8 Å². The molecule has 51 heavy (non-hydrogen) atoms. The third kappa shape index (κ3) is 4.37. The molecule has 4 aromatic heterocycles. The number of rotatable bonds is 4. The number of nitrogens with zero attached hydrogens (tertiary/aromatic N) is 4. The van der Waals surface area contributed by atoms with Gasteiger partial charge in [-0.25, -0.2) is 15.0 Å². The maximum absolute atomic E-state index is 8.80. The number of hydrogen-bond donors (Lipinski definition) is 0. The molecule has 0 saturated carbocycles. The van der Waals surface area contributed by atoms with Gasteiger partial charge in [-0.2, -0.15) is 0 Å². The summed E-state index contributed by atoms with van der Waals surface area (Å²) in [6.07, 6.45) is 0. The van der Waals surface area contributed by atoms with Crippen molar-refractivity contribution in [2.75, 3.05) is 0 Å². The Labute approximate surface area is 302 Å². The number of thiophene rings is 1. The van der Waals surface area contributed by atoms with E-state index in [1.54, 1.807) is 11.3 Å². The first-order valence-corrected chi connectivity index (χ1v) is 17.3. The molecule has 0 amide bonds. The molecule has 0 aliphatic rings. The monoisotopic (exact) mass is 675 g/mol. The van der Waals surface area contributed by atoms with Crippen LogP contribution in [0.1, 0.15) is 6.85 Å². The minimum Gasteiger partial charge on any atom is -0.456 e. The molecule has 0 radical (unpaired) electrons. The third-order valence-electron chi connectivity index (χ3n) is 9.55. The maximum Gasteiger partial charge on any atom is 0.164 e. The lowest BCUT2D eigenvalue weighted by molar-refractivity contribution is 0.669. The van der Waals surface area contributed by atoms with Gasteiger partial charge in [0.25, 0.3) is 0 Å². The van der Waals surface area contributed by atoms with Gasteiger partial charge in [-0.3, -0.25) is 0 Å². The number of aromatic nitrogens is 4. The van der Waals surface area contributed by atoms with E-state index in [-0.39, 0.29) is 29.3 Å². The molecule has 11 rings (SSSR count). The van der Waals surface area contributed by atoms with Gasteiger partial charge in [0.1, 0.15) is 11.2 Å². The highest BCUT2D eigenvalue weighted by Crippen LogP contribution is 2.40. The van der Waals surface area contributed by atoms with Crippen molar-refractivity contribution in [1.82, 2.24) is 19.5 Å². The molecule has 238 valence electrons. The SMILES string of the molecule is [2H]c1c([2H])c([2H])c(-c2nc(-c3ccc4sc5ccccc5c4c3)nc(-c3ccc4oc5cccc(-n6c7ccccc7c7ccccc76)c5c4c3)n2)c([2H])c1[2H]. The Morgan fingerprint density at radius 3 is 1.84 bits per heavy atom. The standard InChI is InChI=1S/C45H26N4OS/c1-2-11-27(12-3-1)43-46-44(48-45(47-43)29-22-24-41-33(25-29)32-15-6-9-20-40(32)51-41)28-21-23-38-34(26-28)42-37(18-10-19-39(42)50-38)49-35-16-7-4-13-30(35)31-14-5-8-17-36(31)49/h1-26H/i1D,2D,3D,11D,12D. The van der Waals surface area contributed by atoms with Crippen LogP contribution in [0, 0.1) is 0 Å². The average Bonchev–Trinajstić information content (AvgIpc) is 3.91. The van der Waals surface area contributed by atoms with Crippen molar-refractivity contribution < 1.29 is 11.3 Å². The van der Waals surface area contributed by atoms with Crippen LogP contribution in [-0.2, 0) is 0 Å². The molecule has 0 saturated heterocycles. The third-order valence-corrected chi connectivity index (χ3v) is 10.7. The number of furan rings is 1. The lowest BCUT2D eigenvalue weighted by Crippen LogP contribution is -2.00. The summed E-state index contributed by atoms with van der Waals surface area (Å²) >= 11 is 1.71. The topological polar surface area (TPSA) is 56.7 Å².